The van der Waals surface area contributed by atoms with Gasteiger partial charge in [-0.3, -0.25) is 0 Å². The fraction of sp³-hybridized carbons (Fsp3) is 0.733. The van der Waals surface area contributed by atoms with Gasteiger partial charge in [0.1, 0.15) is 11.6 Å². The van der Waals surface area contributed by atoms with Gasteiger partial charge in [-0.2, -0.15) is 0 Å². The predicted octanol–water partition coefficient (Wildman–Crippen LogP) is 3.12. The number of hydrogen-bond donors (Lipinski definition) is 0. The second-order valence-electron chi connectivity index (χ2n) is 5.71. The van der Waals surface area contributed by atoms with E-state index in [1.165, 1.54) is 50.2 Å². The number of nitrogens with zero attached hydrogens (tertiary/aromatic N) is 3. The van der Waals surface area contributed by atoms with Gasteiger partial charge in [0.05, 0.1) is 0 Å². The molecule has 1 aromatic rings. The van der Waals surface area contributed by atoms with Crippen LogP contribution in [0.4, 0.5) is 5.82 Å². The molecule has 18 heavy (non-hydrogen) atoms. The summed E-state index contributed by atoms with van der Waals surface area (Å²) in [5.41, 5.74) is 1.18. The van der Waals surface area contributed by atoms with E-state index in [0.717, 1.165) is 24.2 Å². The first-order chi connectivity index (χ1) is 8.78. The molecule has 0 N–H and O–H groups in total. The fourth-order valence-electron chi connectivity index (χ4n) is 3.68. The maximum absolute atomic E-state index is 4.68. The molecule has 98 valence electrons. The maximum Gasteiger partial charge on any atom is 0.132 e. The van der Waals surface area contributed by atoms with E-state index in [0.29, 0.717) is 0 Å². The quantitative estimate of drug-likeness (QED) is 0.801. The molecule has 2 heterocycles. The van der Waals surface area contributed by atoms with Crippen molar-refractivity contribution in [3.05, 3.63) is 17.6 Å². The Morgan fingerprint density at radius 2 is 2.06 bits per heavy atom. The molecule has 1 aliphatic heterocycles. The Balaban J connectivity index is 1.90. The zero-order valence-electron chi connectivity index (χ0n) is 11.5. The Bertz CT molecular complexity index is 430. The first kappa shape index (κ1) is 11.9. The van der Waals surface area contributed by atoms with Crippen molar-refractivity contribution in [1.82, 2.24) is 9.97 Å². The normalized spacial score (nSPS) is 27.3. The third-order valence-corrected chi connectivity index (χ3v) is 4.53. The molecule has 0 radical (unpaired) electrons. The molecule has 0 aromatic carbocycles. The highest BCUT2D eigenvalue weighted by molar-refractivity contribution is 5.42. The number of hydrogen-bond acceptors (Lipinski definition) is 3. The van der Waals surface area contributed by atoms with Gasteiger partial charge < -0.3 is 4.90 Å². The molecule has 0 bridgehead atoms. The lowest BCUT2D eigenvalue weighted by Crippen LogP contribution is -2.43. The molecular formula is C15H23N3. The van der Waals surface area contributed by atoms with Crippen LogP contribution in [0.15, 0.2) is 6.07 Å². The van der Waals surface area contributed by atoms with E-state index >= 15 is 0 Å². The van der Waals surface area contributed by atoms with Crippen molar-refractivity contribution in [3.8, 4) is 0 Å². The van der Waals surface area contributed by atoms with Crippen LogP contribution in [0, 0.1) is 12.8 Å². The summed E-state index contributed by atoms with van der Waals surface area (Å²) >= 11 is 0. The van der Waals surface area contributed by atoms with Crippen molar-refractivity contribution in [1.29, 1.82) is 0 Å². The van der Waals surface area contributed by atoms with Crippen LogP contribution < -0.4 is 4.90 Å². The van der Waals surface area contributed by atoms with Gasteiger partial charge in [-0.25, -0.2) is 9.97 Å². The van der Waals surface area contributed by atoms with Crippen LogP contribution in [-0.4, -0.2) is 22.6 Å². The van der Waals surface area contributed by atoms with Gasteiger partial charge in [0.15, 0.2) is 0 Å². The summed E-state index contributed by atoms with van der Waals surface area (Å²) < 4.78 is 0. The lowest BCUT2D eigenvalue weighted by Gasteiger charge is -2.38. The highest BCUT2D eigenvalue weighted by Crippen LogP contribution is 2.38. The lowest BCUT2D eigenvalue weighted by atomic mass is 9.92. The molecule has 3 nitrogen and oxygen atoms in total. The van der Waals surface area contributed by atoms with Crippen molar-refractivity contribution >= 4 is 5.82 Å². The van der Waals surface area contributed by atoms with E-state index in [4.69, 9.17) is 0 Å². The Morgan fingerprint density at radius 3 is 2.89 bits per heavy atom. The molecule has 1 aromatic heterocycles. The molecular weight excluding hydrogens is 222 g/mol. The van der Waals surface area contributed by atoms with E-state index in [1.807, 2.05) is 6.92 Å². The molecule has 1 saturated heterocycles. The second-order valence-corrected chi connectivity index (χ2v) is 5.71. The number of fused-ring (bicyclic) bond motifs is 1. The van der Waals surface area contributed by atoms with Gasteiger partial charge >= 0.3 is 0 Å². The Morgan fingerprint density at radius 1 is 1.22 bits per heavy atom. The minimum Gasteiger partial charge on any atom is -0.353 e. The van der Waals surface area contributed by atoms with E-state index in [1.54, 1.807) is 0 Å². The number of anilines is 1. The first-order valence-electron chi connectivity index (χ1n) is 7.39. The Hall–Kier alpha value is -1.12. The number of aryl methyl sites for hydroxylation is 2. The smallest absolute Gasteiger partial charge is 0.132 e. The van der Waals surface area contributed by atoms with Gasteiger partial charge in [0, 0.05) is 24.3 Å². The maximum atomic E-state index is 4.68. The monoisotopic (exact) mass is 245 g/mol. The highest BCUT2D eigenvalue weighted by Gasteiger charge is 2.35. The molecule has 3 heteroatoms. The largest absolute Gasteiger partial charge is 0.353 e. The Labute approximate surface area is 110 Å². The highest BCUT2D eigenvalue weighted by atomic mass is 15.2. The van der Waals surface area contributed by atoms with Crippen molar-refractivity contribution < 1.29 is 0 Å². The SMILES string of the molecule is CCc1cc(N2CCCC3CCCC32)nc(C)n1. The van der Waals surface area contributed by atoms with E-state index in [9.17, 15) is 0 Å². The van der Waals surface area contributed by atoms with Crippen molar-refractivity contribution in [3.63, 3.8) is 0 Å². The van der Waals surface area contributed by atoms with Crippen LogP contribution in [0.2, 0.25) is 0 Å². The zero-order valence-corrected chi connectivity index (χ0v) is 11.5. The predicted molar refractivity (Wildman–Crippen MR) is 73.9 cm³/mol. The van der Waals surface area contributed by atoms with Gasteiger partial charge in [-0.1, -0.05) is 13.3 Å². The molecule has 0 spiro atoms. The second kappa shape index (κ2) is 4.87. The minimum atomic E-state index is 0.748. The van der Waals surface area contributed by atoms with Gasteiger partial charge in [-0.05, 0) is 44.9 Å². The van der Waals surface area contributed by atoms with Crippen LogP contribution in [0.3, 0.4) is 0 Å². The lowest BCUT2D eigenvalue weighted by molar-refractivity contribution is 0.360. The molecule has 2 fully saturated rings. The third-order valence-electron chi connectivity index (χ3n) is 4.53. The minimum absolute atomic E-state index is 0.748. The summed E-state index contributed by atoms with van der Waals surface area (Å²) in [7, 11) is 0. The average molecular weight is 245 g/mol. The van der Waals surface area contributed by atoms with Gasteiger partial charge in [-0.15, -0.1) is 0 Å². The summed E-state index contributed by atoms with van der Waals surface area (Å²) in [6, 6.07) is 2.95. The van der Waals surface area contributed by atoms with Crippen LogP contribution in [0.5, 0.6) is 0 Å². The van der Waals surface area contributed by atoms with Crippen molar-refractivity contribution in [2.75, 3.05) is 11.4 Å². The van der Waals surface area contributed by atoms with Crippen LogP contribution in [0.1, 0.15) is 50.5 Å². The Kier molecular flexibility index (Phi) is 3.23. The number of aromatic nitrogens is 2. The molecule has 2 unspecified atom stereocenters. The van der Waals surface area contributed by atoms with Crippen molar-refractivity contribution in [2.24, 2.45) is 5.92 Å². The first-order valence-corrected chi connectivity index (χ1v) is 7.39. The molecule has 2 atom stereocenters. The van der Waals surface area contributed by atoms with Gasteiger partial charge in [0.25, 0.3) is 0 Å². The average Bonchev–Trinajstić information content (AvgIpc) is 2.85. The van der Waals surface area contributed by atoms with Crippen LogP contribution in [-0.2, 0) is 6.42 Å². The molecule has 3 rings (SSSR count). The summed E-state index contributed by atoms with van der Waals surface area (Å²) in [4.78, 5) is 11.7. The third kappa shape index (κ3) is 2.11. The van der Waals surface area contributed by atoms with E-state index in [-0.39, 0.29) is 0 Å². The number of piperidine rings is 1. The summed E-state index contributed by atoms with van der Waals surface area (Å²) in [6.45, 7) is 5.36. The van der Waals surface area contributed by atoms with Gasteiger partial charge in [0.2, 0.25) is 0 Å². The molecule has 0 amide bonds. The fourth-order valence-corrected chi connectivity index (χ4v) is 3.68. The number of rotatable bonds is 2. The summed E-state index contributed by atoms with van der Waals surface area (Å²) in [5.74, 6) is 3.01. The summed E-state index contributed by atoms with van der Waals surface area (Å²) in [5, 5.41) is 0. The van der Waals surface area contributed by atoms with Crippen LogP contribution >= 0.6 is 0 Å². The van der Waals surface area contributed by atoms with E-state index < -0.39 is 0 Å². The van der Waals surface area contributed by atoms with E-state index in [2.05, 4.69) is 27.9 Å². The van der Waals surface area contributed by atoms with Crippen LogP contribution in [0.25, 0.3) is 0 Å². The molecule has 2 aliphatic rings. The molecule has 1 saturated carbocycles. The van der Waals surface area contributed by atoms with Crippen molar-refractivity contribution in [2.45, 2.75) is 58.4 Å². The summed E-state index contributed by atoms with van der Waals surface area (Å²) in [6.07, 6.45) is 7.92. The standard InChI is InChI=1S/C15H23N3/c1-3-13-10-15(17-11(2)16-13)18-9-5-7-12-6-4-8-14(12)18/h10,12,14H,3-9H2,1-2H3. The zero-order chi connectivity index (χ0) is 12.5. The topological polar surface area (TPSA) is 29.0 Å². The molecule has 1 aliphatic carbocycles.